The van der Waals surface area contributed by atoms with Gasteiger partial charge in [0.15, 0.2) is 11.4 Å². The fourth-order valence-corrected chi connectivity index (χ4v) is 4.51. The quantitative estimate of drug-likeness (QED) is 0.737. The van der Waals surface area contributed by atoms with Crippen LogP contribution in [0, 0.1) is 0 Å². The summed E-state index contributed by atoms with van der Waals surface area (Å²) in [5.41, 5.74) is 1.78. The molecule has 5 nitrogen and oxygen atoms in total. The fourth-order valence-electron chi connectivity index (χ4n) is 3.50. The maximum atomic E-state index is 12.6. The minimum atomic E-state index is -3.69. The fraction of sp³-hybridized carbons (Fsp3) is 0.316. The lowest BCUT2D eigenvalue weighted by Gasteiger charge is -2.22. The average Bonchev–Trinajstić information content (AvgIpc) is 3.05. The Morgan fingerprint density at radius 2 is 1.68 bits per heavy atom. The Hall–Kier alpha value is -2.34. The summed E-state index contributed by atoms with van der Waals surface area (Å²) in [4.78, 5) is 0.235. The van der Waals surface area contributed by atoms with Crippen LogP contribution >= 0.6 is 0 Å². The number of nitrogens with one attached hydrogen (secondary N) is 1. The highest BCUT2D eigenvalue weighted by molar-refractivity contribution is 7.92. The summed E-state index contributed by atoms with van der Waals surface area (Å²) in [5.74, 6) is 0.768. The number of aromatic nitrogens is 1. The molecule has 0 spiro atoms. The Morgan fingerprint density at radius 3 is 2.44 bits per heavy atom. The Labute approximate surface area is 147 Å². The van der Waals surface area contributed by atoms with Crippen LogP contribution in [0.3, 0.4) is 0 Å². The van der Waals surface area contributed by atoms with Crippen LogP contribution in [-0.2, 0) is 10.0 Å². The van der Waals surface area contributed by atoms with Crippen LogP contribution in [0.4, 0.5) is 5.82 Å². The van der Waals surface area contributed by atoms with Gasteiger partial charge in [0, 0.05) is 0 Å². The van der Waals surface area contributed by atoms with E-state index in [0.29, 0.717) is 16.9 Å². The number of anilines is 1. The van der Waals surface area contributed by atoms with E-state index in [1.54, 1.807) is 24.3 Å². The molecule has 0 radical (unpaired) electrons. The van der Waals surface area contributed by atoms with Crippen molar-refractivity contribution >= 4 is 26.8 Å². The first kappa shape index (κ1) is 16.1. The Morgan fingerprint density at radius 1 is 0.960 bits per heavy atom. The van der Waals surface area contributed by atoms with E-state index in [-0.39, 0.29) is 10.7 Å². The van der Waals surface area contributed by atoms with Gasteiger partial charge in [-0.25, -0.2) is 8.42 Å². The molecule has 0 amide bonds. The maximum Gasteiger partial charge on any atom is 0.263 e. The highest BCUT2D eigenvalue weighted by Crippen LogP contribution is 2.33. The first-order chi connectivity index (χ1) is 12.1. The first-order valence-electron chi connectivity index (χ1n) is 8.61. The van der Waals surface area contributed by atoms with Gasteiger partial charge >= 0.3 is 0 Å². The molecule has 6 heteroatoms. The highest BCUT2D eigenvalue weighted by atomic mass is 32.2. The third kappa shape index (κ3) is 3.26. The molecule has 0 atom stereocenters. The van der Waals surface area contributed by atoms with E-state index < -0.39 is 10.0 Å². The molecule has 130 valence electrons. The van der Waals surface area contributed by atoms with Crippen molar-refractivity contribution in [1.82, 2.24) is 5.16 Å². The van der Waals surface area contributed by atoms with Gasteiger partial charge < -0.3 is 4.52 Å². The third-order valence-corrected chi connectivity index (χ3v) is 6.23. The molecule has 1 saturated carbocycles. The van der Waals surface area contributed by atoms with Crippen molar-refractivity contribution < 1.29 is 12.9 Å². The van der Waals surface area contributed by atoms with Crippen molar-refractivity contribution in [2.45, 2.75) is 42.9 Å². The molecule has 1 aromatic heterocycles. The van der Waals surface area contributed by atoms with Gasteiger partial charge in [-0.15, -0.1) is 0 Å². The van der Waals surface area contributed by atoms with Gasteiger partial charge in [0.1, 0.15) is 0 Å². The maximum absolute atomic E-state index is 12.6. The number of sulfonamides is 1. The molecule has 0 unspecified atom stereocenters. The molecule has 0 aliphatic heterocycles. The van der Waals surface area contributed by atoms with E-state index in [0.717, 1.165) is 0 Å². The van der Waals surface area contributed by atoms with Gasteiger partial charge in [0.05, 0.1) is 10.3 Å². The van der Waals surface area contributed by atoms with Crippen molar-refractivity contribution in [2.24, 2.45) is 0 Å². The summed E-state index contributed by atoms with van der Waals surface area (Å²) < 4.78 is 33.0. The smallest absolute Gasteiger partial charge is 0.263 e. The van der Waals surface area contributed by atoms with Crippen LogP contribution in [0.15, 0.2) is 57.9 Å². The summed E-state index contributed by atoms with van der Waals surface area (Å²) in [6, 6.07) is 14.4. The molecular formula is C19H20N2O3S. The number of hydrogen-bond donors (Lipinski definition) is 1. The summed E-state index contributed by atoms with van der Waals surface area (Å²) in [6.45, 7) is 0. The minimum absolute atomic E-state index is 0.215. The van der Waals surface area contributed by atoms with Crippen LogP contribution in [0.1, 0.15) is 43.6 Å². The molecule has 0 saturated heterocycles. The van der Waals surface area contributed by atoms with Gasteiger partial charge in [-0.1, -0.05) is 48.7 Å². The van der Waals surface area contributed by atoms with Crippen molar-refractivity contribution in [2.75, 3.05) is 4.72 Å². The topological polar surface area (TPSA) is 72.2 Å². The molecule has 3 aromatic rings. The first-order valence-corrected chi connectivity index (χ1v) is 10.1. The van der Waals surface area contributed by atoms with Crippen molar-refractivity contribution in [3.8, 4) is 0 Å². The second-order valence-electron chi connectivity index (χ2n) is 6.54. The van der Waals surface area contributed by atoms with E-state index in [4.69, 9.17) is 4.52 Å². The number of benzene rings is 2. The molecule has 1 aliphatic carbocycles. The molecule has 1 heterocycles. The van der Waals surface area contributed by atoms with Crippen LogP contribution in [0.5, 0.6) is 0 Å². The SMILES string of the molecule is O=S(=O)(Nc1noc2ccccc12)c1ccc(C2CCCCC2)cc1. The minimum Gasteiger partial charge on any atom is -0.354 e. The lowest BCUT2D eigenvalue weighted by atomic mass is 9.84. The van der Waals surface area contributed by atoms with E-state index >= 15 is 0 Å². The monoisotopic (exact) mass is 356 g/mol. The molecule has 1 N–H and O–H groups in total. The van der Waals surface area contributed by atoms with Crippen LogP contribution in [0.2, 0.25) is 0 Å². The van der Waals surface area contributed by atoms with E-state index in [2.05, 4.69) is 9.88 Å². The van der Waals surface area contributed by atoms with Gasteiger partial charge in [-0.2, -0.15) is 0 Å². The number of fused-ring (bicyclic) bond motifs is 1. The predicted molar refractivity (Wildman–Crippen MR) is 97.1 cm³/mol. The second kappa shape index (κ2) is 6.52. The summed E-state index contributed by atoms with van der Waals surface area (Å²) in [7, 11) is -3.69. The van der Waals surface area contributed by atoms with Gasteiger partial charge in [-0.05, 0) is 48.6 Å². The zero-order valence-electron chi connectivity index (χ0n) is 13.8. The lowest BCUT2D eigenvalue weighted by Crippen LogP contribution is -2.13. The Kier molecular flexibility index (Phi) is 4.21. The largest absolute Gasteiger partial charge is 0.354 e. The van der Waals surface area contributed by atoms with Crippen molar-refractivity contribution in [3.05, 3.63) is 54.1 Å². The van der Waals surface area contributed by atoms with Gasteiger partial charge in [-0.3, -0.25) is 4.72 Å². The number of hydrogen-bond acceptors (Lipinski definition) is 4. The molecule has 1 fully saturated rings. The number of nitrogens with zero attached hydrogens (tertiary/aromatic N) is 1. The van der Waals surface area contributed by atoms with Gasteiger partial charge in [0.25, 0.3) is 10.0 Å². The third-order valence-electron chi connectivity index (χ3n) is 4.88. The van der Waals surface area contributed by atoms with E-state index in [1.165, 1.54) is 37.7 Å². The average molecular weight is 356 g/mol. The van der Waals surface area contributed by atoms with Crippen molar-refractivity contribution in [3.63, 3.8) is 0 Å². The molecule has 2 aromatic carbocycles. The summed E-state index contributed by atoms with van der Waals surface area (Å²) >= 11 is 0. The normalized spacial score (nSPS) is 16.2. The van der Waals surface area contributed by atoms with Crippen molar-refractivity contribution in [1.29, 1.82) is 0 Å². The highest BCUT2D eigenvalue weighted by Gasteiger charge is 2.20. The second-order valence-corrected chi connectivity index (χ2v) is 8.22. The Bertz CT molecular complexity index is 971. The molecule has 0 bridgehead atoms. The zero-order chi connectivity index (χ0) is 17.3. The number of rotatable bonds is 4. The van der Waals surface area contributed by atoms with Gasteiger partial charge in [0.2, 0.25) is 0 Å². The summed E-state index contributed by atoms with van der Waals surface area (Å²) in [5, 5.41) is 4.48. The molecular weight excluding hydrogens is 336 g/mol. The standard InChI is InChI=1S/C19H20N2O3S/c22-25(23,21-19-17-8-4-5-9-18(17)24-20-19)16-12-10-15(11-13-16)14-6-2-1-3-7-14/h4-5,8-14H,1-3,6-7H2,(H,20,21). The van der Waals surface area contributed by atoms with Crippen LogP contribution < -0.4 is 4.72 Å². The van der Waals surface area contributed by atoms with Crippen LogP contribution in [-0.4, -0.2) is 13.6 Å². The van der Waals surface area contributed by atoms with Crippen LogP contribution in [0.25, 0.3) is 11.0 Å². The number of para-hydroxylation sites is 1. The molecule has 25 heavy (non-hydrogen) atoms. The molecule has 4 rings (SSSR count). The lowest BCUT2D eigenvalue weighted by molar-refractivity contribution is 0.443. The summed E-state index contributed by atoms with van der Waals surface area (Å²) in [6.07, 6.45) is 6.19. The predicted octanol–water partition coefficient (Wildman–Crippen LogP) is 4.68. The van der Waals surface area contributed by atoms with E-state index in [9.17, 15) is 8.42 Å². The zero-order valence-corrected chi connectivity index (χ0v) is 14.6. The Balaban J connectivity index is 1.57. The van der Waals surface area contributed by atoms with E-state index in [1.807, 2.05) is 24.3 Å². The molecule has 1 aliphatic rings.